The van der Waals surface area contributed by atoms with Crippen LogP contribution in [-0.4, -0.2) is 17.4 Å². The van der Waals surface area contributed by atoms with Crippen molar-refractivity contribution in [1.29, 1.82) is 0 Å². The van der Waals surface area contributed by atoms with Gasteiger partial charge in [-0.25, -0.2) is 0 Å². The molecule has 0 bridgehead atoms. The van der Waals surface area contributed by atoms with Crippen LogP contribution in [0.4, 0.5) is 0 Å². The van der Waals surface area contributed by atoms with Crippen LogP contribution in [0.3, 0.4) is 0 Å². The summed E-state index contributed by atoms with van der Waals surface area (Å²) in [4.78, 5) is 0. The Morgan fingerprint density at radius 2 is 1.25 bits per heavy atom. The molecule has 0 radical (unpaired) electrons. The zero-order valence-electron chi connectivity index (χ0n) is 1.41. The van der Waals surface area contributed by atoms with Crippen molar-refractivity contribution in [2.45, 2.75) is 0 Å². The zero-order chi connectivity index (χ0) is 2.00. The smallest absolute Gasteiger partial charge is 0.187 e. The second kappa shape index (κ2) is 26.8. The van der Waals surface area contributed by atoms with Crippen molar-refractivity contribution < 1.29 is 26.3 Å². The topological polar surface area (TPSA) is 17.1 Å². The van der Waals surface area contributed by atoms with Crippen LogP contribution in [0.15, 0.2) is 0 Å². The van der Waals surface area contributed by atoms with E-state index in [9.17, 15) is 0 Å². The van der Waals surface area contributed by atoms with Gasteiger partial charge in [0, 0.05) is 21.7 Å². The summed E-state index contributed by atoms with van der Waals surface area (Å²) in [7, 11) is 1.72. The summed E-state index contributed by atoms with van der Waals surface area (Å²) in [6.07, 6.45) is 0. The fourth-order valence-corrected chi connectivity index (χ4v) is 0. The Bertz CT molecular complexity index is 8.00. The van der Waals surface area contributed by atoms with Crippen molar-refractivity contribution >= 4 is 26.5 Å². The summed E-state index contributed by atoms with van der Waals surface area (Å²) in [5.41, 5.74) is 0. The molecule has 4 heteroatoms. The molecule has 0 heterocycles. The minimum atomic E-state index is 0. The van der Waals surface area contributed by atoms with E-state index in [0.29, 0.717) is 0 Å². The molecule has 0 N–H and O–H groups in total. The first-order chi connectivity index (χ1) is 1.00. The van der Waals surface area contributed by atoms with Crippen LogP contribution in [0.2, 0.25) is 0 Å². The average molecular weight is 126 g/mol. The van der Waals surface area contributed by atoms with Gasteiger partial charge in [-0.3, -0.25) is 4.57 Å². The van der Waals surface area contributed by atoms with Crippen LogP contribution in [0.25, 0.3) is 0 Å². The molecule has 0 aliphatic carbocycles. The molecule has 0 aromatic heterocycles. The minimum absolute atomic E-state index is 0. The Labute approximate surface area is 52.8 Å². The molecule has 0 fully saturated rings. The second-order valence-electron chi connectivity index (χ2n) is 0. The van der Waals surface area contributed by atoms with Gasteiger partial charge < -0.3 is 0 Å². The van der Waals surface area contributed by atoms with Crippen molar-refractivity contribution in [2.24, 2.45) is 0 Å². The molecule has 1 nitrogen and oxygen atoms in total. The molecular formula is H4AlOPTi. The van der Waals surface area contributed by atoms with E-state index in [2.05, 4.69) is 0 Å². The van der Waals surface area contributed by atoms with Gasteiger partial charge in [0.1, 0.15) is 9.12 Å². The summed E-state index contributed by atoms with van der Waals surface area (Å²) in [5, 5.41) is 0. The van der Waals surface area contributed by atoms with E-state index in [1.807, 2.05) is 0 Å². The van der Waals surface area contributed by atoms with Gasteiger partial charge in [0.25, 0.3) is 0 Å². The number of rotatable bonds is 0. The van der Waals surface area contributed by atoms with Crippen LogP contribution in [0.1, 0.15) is 0 Å². The third-order valence-corrected chi connectivity index (χ3v) is 0. The van der Waals surface area contributed by atoms with Gasteiger partial charge in [-0.15, -0.1) is 0 Å². The molecule has 0 unspecified atom stereocenters. The van der Waals surface area contributed by atoms with Gasteiger partial charge >= 0.3 is 0 Å². The first-order valence-corrected chi connectivity index (χ1v) is 0.612. The Morgan fingerprint density at radius 1 is 1.25 bits per heavy atom. The largest absolute Gasteiger partial charge is 0.279 e. The molecule has 0 aromatic carbocycles. The van der Waals surface area contributed by atoms with Crippen molar-refractivity contribution in [3.05, 3.63) is 0 Å². The summed E-state index contributed by atoms with van der Waals surface area (Å²) >= 11 is 0. The van der Waals surface area contributed by atoms with Crippen LogP contribution < -0.4 is 0 Å². The van der Waals surface area contributed by atoms with Crippen LogP contribution in [0.5, 0.6) is 0 Å². The molecule has 0 aliphatic heterocycles. The monoisotopic (exact) mass is 126 g/mol. The molecule has 22 valence electrons. The fourth-order valence-electron chi connectivity index (χ4n) is 0. The van der Waals surface area contributed by atoms with E-state index >= 15 is 0 Å². The number of hydrogen-bond acceptors (Lipinski definition) is 1. The maximum Gasteiger partial charge on any atom is 0.187 e. The van der Waals surface area contributed by atoms with Crippen LogP contribution >= 0.6 is 9.12 Å². The average Bonchev–Trinajstić information content (AvgIpc) is 1.00. The van der Waals surface area contributed by atoms with E-state index in [4.69, 9.17) is 4.57 Å². The predicted octanol–water partition coefficient (Wildman–Crippen LogP) is -0.712. The molecule has 0 saturated heterocycles. The van der Waals surface area contributed by atoms with Gasteiger partial charge in [-0.2, -0.15) is 0 Å². The van der Waals surface area contributed by atoms with Gasteiger partial charge in [0.2, 0.25) is 0 Å². The molecule has 4 heavy (non-hydrogen) atoms. The summed E-state index contributed by atoms with van der Waals surface area (Å²) in [6, 6.07) is 0. The Morgan fingerprint density at radius 3 is 1.25 bits per heavy atom. The summed E-state index contributed by atoms with van der Waals surface area (Å²) in [5.74, 6) is 0. The molecular weight excluding hydrogens is 122 g/mol. The van der Waals surface area contributed by atoms with Crippen LogP contribution in [0, 0.1) is 0 Å². The SMILES string of the molecule is O=P.[AlH3].[Ti]. The molecule has 0 rings (SSSR count). The first kappa shape index (κ1) is 18.3. The molecule has 0 atom stereocenters. The van der Waals surface area contributed by atoms with Crippen molar-refractivity contribution in [2.75, 3.05) is 0 Å². The quantitative estimate of drug-likeness (QED) is 0.309. The Hall–Kier alpha value is 1.35. The number of hydrogen-bond donors (Lipinski definition) is 0. The molecule has 0 amide bonds. The predicted molar refractivity (Wildman–Crippen MR) is 18.9 cm³/mol. The Balaban J connectivity index is -0.00000000500. The maximum atomic E-state index is 8.06. The van der Waals surface area contributed by atoms with Gasteiger partial charge in [-0.05, 0) is 0 Å². The van der Waals surface area contributed by atoms with Crippen molar-refractivity contribution in [3.63, 3.8) is 0 Å². The van der Waals surface area contributed by atoms with Gasteiger partial charge in [0.05, 0.1) is 0 Å². The summed E-state index contributed by atoms with van der Waals surface area (Å²) in [6.45, 7) is 0. The third-order valence-electron chi connectivity index (χ3n) is 0. The standard InChI is InChI=1S/Al.HOP.Ti.3H/c;1-2;;;;/h;2H;;;;. The molecule has 0 aliphatic rings. The van der Waals surface area contributed by atoms with Gasteiger partial charge in [-0.1, -0.05) is 0 Å². The first-order valence-electron chi connectivity index (χ1n) is 0.204. The second-order valence-corrected chi connectivity index (χ2v) is 0. The van der Waals surface area contributed by atoms with E-state index < -0.39 is 0 Å². The van der Waals surface area contributed by atoms with E-state index in [1.165, 1.54) is 0 Å². The van der Waals surface area contributed by atoms with Crippen LogP contribution in [-0.2, 0) is 26.3 Å². The molecule has 0 aromatic rings. The Kier molecular flexibility index (Phi) is 123. The fraction of sp³-hybridized carbons (Fsp3) is 0. The molecule has 0 spiro atoms. The summed E-state index contributed by atoms with van der Waals surface area (Å²) < 4.78 is 8.06. The van der Waals surface area contributed by atoms with E-state index in [1.54, 1.807) is 9.12 Å². The van der Waals surface area contributed by atoms with Gasteiger partial charge in [0.15, 0.2) is 17.4 Å². The van der Waals surface area contributed by atoms with Crippen molar-refractivity contribution in [1.82, 2.24) is 0 Å². The normalized spacial score (nSPS) is 1.00. The minimum Gasteiger partial charge on any atom is -0.279 e. The zero-order valence-corrected chi connectivity index (χ0v) is 3.97. The maximum absolute atomic E-state index is 8.06. The molecule has 0 saturated carbocycles. The van der Waals surface area contributed by atoms with Crippen molar-refractivity contribution in [3.8, 4) is 0 Å². The van der Waals surface area contributed by atoms with E-state index in [-0.39, 0.29) is 39.1 Å². The van der Waals surface area contributed by atoms with E-state index in [0.717, 1.165) is 0 Å². The third kappa shape index (κ3) is 10.2.